The van der Waals surface area contributed by atoms with Crippen LogP contribution in [0, 0.1) is 32.8 Å². The Morgan fingerprint density at radius 1 is 1.17 bits per heavy atom. The molecule has 3 rings (SSSR count). The summed E-state index contributed by atoms with van der Waals surface area (Å²) in [5, 5.41) is 29.5. The predicted octanol–water partition coefficient (Wildman–Crippen LogP) is 3.26. The number of nitro groups is 1. The number of hydrogen-bond acceptors (Lipinski definition) is 6. The highest BCUT2D eigenvalue weighted by atomic mass is 16.7. The molecule has 0 radical (unpaired) electrons. The second kappa shape index (κ2) is 6.11. The fourth-order valence-corrected chi connectivity index (χ4v) is 2.28. The van der Waals surface area contributed by atoms with E-state index in [0.29, 0.717) is 22.6 Å². The number of rotatable bonds is 3. The molecule has 0 bridgehead atoms. The van der Waals surface area contributed by atoms with Gasteiger partial charge in [-0.25, -0.2) is 0 Å². The summed E-state index contributed by atoms with van der Waals surface area (Å²) >= 11 is 0. The van der Waals surface area contributed by atoms with Gasteiger partial charge in [-0.3, -0.25) is 10.1 Å². The Bertz CT molecular complexity index is 934. The predicted molar refractivity (Wildman–Crippen MR) is 83.9 cm³/mol. The summed E-state index contributed by atoms with van der Waals surface area (Å²) in [6.07, 6.45) is 1.42. The van der Waals surface area contributed by atoms with Gasteiger partial charge >= 0.3 is 0 Å². The molecule has 0 aliphatic carbocycles. The van der Waals surface area contributed by atoms with E-state index in [0.717, 1.165) is 0 Å². The largest absolute Gasteiger partial charge is 0.454 e. The summed E-state index contributed by atoms with van der Waals surface area (Å²) in [6.45, 7) is 0.000381. The van der Waals surface area contributed by atoms with Crippen LogP contribution in [0.2, 0.25) is 0 Å². The van der Waals surface area contributed by atoms with Gasteiger partial charge in [-0.05, 0) is 29.8 Å². The van der Waals surface area contributed by atoms with E-state index in [4.69, 9.17) is 14.7 Å². The van der Waals surface area contributed by atoms with Gasteiger partial charge in [-0.15, -0.1) is 0 Å². The molecule has 0 spiro atoms. The van der Waals surface area contributed by atoms with E-state index in [9.17, 15) is 15.4 Å². The number of nitriles is 2. The first-order valence-corrected chi connectivity index (χ1v) is 6.82. The molecule has 0 aromatic heterocycles. The van der Waals surface area contributed by atoms with Gasteiger partial charge in [0.2, 0.25) is 6.79 Å². The standard InChI is InChI=1S/C17H9N3O4/c18-8-11-1-3-12(4-2-11)14(9-19)5-13-6-16-17(24-10-23-16)7-15(13)20(21)22/h1-7H,10H2/b14-5+. The van der Waals surface area contributed by atoms with E-state index in [1.807, 2.05) is 12.1 Å². The Morgan fingerprint density at radius 2 is 1.83 bits per heavy atom. The Morgan fingerprint density at radius 3 is 2.42 bits per heavy atom. The van der Waals surface area contributed by atoms with Crippen LogP contribution >= 0.6 is 0 Å². The third-order valence-electron chi connectivity index (χ3n) is 3.46. The van der Waals surface area contributed by atoms with Crippen molar-refractivity contribution in [2.24, 2.45) is 0 Å². The first kappa shape index (κ1) is 15.1. The topological polar surface area (TPSA) is 109 Å². The summed E-state index contributed by atoms with van der Waals surface area (Å²) in [5.41, 5.74) is 1.32. The van der Waals surface area contributed by atoms with E-state index < -0.39 is 4.92 Å². The maximum absolute atomic E-state index is 11.3. The lowest BCUT2D eigenvalue weighted by atomic mass is 10.0. The monoisotopic (exact) mass is 319 g/mol. The van der Waals surface area contributed by atoms with Crippen molar-refractivity contribution < 1.29 is 14.4 Å². The van der Waals surface area contributed by atoms with Gasteiger partial charge < -0.3 is 9.47 Å². The van der Waals surface area contributed by atoms with Crippen LogP contribution in [0.3, 0.4) is 0 Å². The van der Waals surface area contributed by atoms with Crippen LogP contribution in [0.4, 0.5) is 5.69 Å². The highest BCUT2D eigenvalue weighted by Gasteiger charge is 2.22. The highest BCUT2D eigenvalue weighted by Crippen LogP contribution is 2.39. The SMILES string of the molecule is N#C/C(=C\c1cc2c(cc1[N+](=O)[O-])OCO2)c1ccc(C#N)cc1. The maximum atomic E-state index is 11.3. The van der Waals surface area contributed by atoms with E-state index in [1.54, 1.807) is 24.3 Å². The molecule has 7 heteroatoms. The molecule has 0 unspecified atom stereocenters. The zero-order chi connectivity index (χ0) is 17.1. The van der Waals surface area contributed by atoms with Crippen molar-refractivity contribution in [2.75, 3.05) is 6.79 Å². The molecular formula is C17H9N3O4. The van der Waals surface area contributed by atoms with E-state index in [1.165, 1.54) is 18.2 Å². The number of nitro benzene ring substituents is 1. The molecule has 2 aromatic carbocycles. The Balaban J connectivity index is 2.09. The third-order valence-corrected chi connectivity index (χ3v) is 3.46. The molecule has 1 aliphatic rings. The summed E-state index contributed by atoms with van der Waals surface area (Å²) in [6, 6.07) is 13.2. The van der Waals surface area contributed by atoms with E-state index in [2.05, 4.69) is 0 Å². The average molecular weight is 319 g/mol. The molecule has 0 fully saturated rings. The van der Waals surface area contributed by atoms with Crippen LogP contribution in [0.1, 0.15) is 16.7 Å². The van der Waals surface area contributed by atoms with Crippen LogP contribution < -0.4 is 9.47 Å². The number of benzene rings is 2. The Hall–Kier alpha value is -3.84. The van der Waals surface area contributed by atoms with Crippen molar-refractivity contribution in [3.05, 3.63) is 63.2 Å². The van der Waals surface area contributed by atoms with Gasteiger partial charge in [0.05, 0.1) is 39.8 Å². The zero-order valence-electron chi connectivity index (χ0n) is 12.2. The molecule has 0 amide bonds. The number of ether oxygens (including phenoxy) is 2. The second-order valence-electron chi connectivity index (χ2n) is 4.88. The minimum atomic E-state index is -0.540. The number of allylic oxidation sites excluding steroid dienone is 1. The summed E-state index contributed by atoms with van der Waals surface area (Å²) < 4.78 is 10.4. The van der Waals surface area contributed by atoms with Crippen molar-refractivity contribution in [3.63, 3.8) is 0 Å². The Labute approximate surface area is 136 Å². The summed E-state index contributed by atoms with van der Waals surface area (Å²) in [4.78, 5) is 10.7. The van der Waals surface area contributed by atoms with Gasteiger partial charge in [0.15, 0.2) is 11.5 Å². The molecular weight excluding hydrogens is 310 g/mol. The van der Waals surface area contributed by atoms with Crippen LogP contribution in [-0.2, 0) is 0 Å². The lowest BCUT2D eigenvalue weighted by Crippen LogP contribution is -1.93. The van der Waals surface area contributed by atoms with Crippen LogP contribution in [0.15, 0.2) is 36.4 Å². The molecule has 0 saturated heterocycles. The van der Waals surface area contributed by atoms with Crippen LogP contribution in [0.25, 0.3) is 11.6 Å². The van der Waals surface area contributed by atoms with Crippen LogP contribution in [-0.4, -0.2) is 11.7 Å². The molecule has 2 aromatic rings. The Kier molecular flexibility index (Phi) is 3.84. The van der Waals surface area contributed by atoms with Gasteiger partial charge in [-0.2, -0.15) is 10.5 Å². The summed E-state index contributed by atoms with van der Waals surface area (Å²) in [7, 11) is 0. The van der Waals surface area contributed by atoms with Crippen LogP contribution in [0.5, 0.6) is 11.5 Å². The molecule has 1 heterocycles. The molecule has 0 N–H and O–H groups in total. The summed E-state index contributed by atoms with van der Waals surface area (Å²) in [5.74, 6) is 0.694. The highest BCUT2D eigenvalue weighted by molar-refractivity contribution is 5.91. The van der Waals surface area contributed by atoms with Crippen molar-refractivity contribution in [1.82, 2.24) is 0 Å². The minimum Gasteiger partial charge on any atom is -0.454 e. The van der Waals surface area contributed by atoms with Crippen molar-refractivity contribution >= 4 is 17.3 Å². The van der Waals surface area contributed by atoms with Gasteiger partial charge in [0.1, 0.15) is 0 Å². The van der Waals surface area contributed by atoms with Gasteiger partial charge in [0, 0.05) is 0 Å². The van der Waals surface area contributed by atoms with Crippen molar-refractivity contribution in [2.45, 2.75) is 0 Å². The molecule has 7 nitrogen and oxygen atoms in total. The van der Waals surface area contributed by atoms with E-state index >= 15 is 0 Å². The first-order valence-electron chi connectivity index (χ1n) is 6.82. The van der Waals surface area contributed by atoms with E-state index in [-0.39, 0.29) is 23.6 Å². The van der Waals surface area contributed by atoms with Gasteiger partial charge in [-0.1, -0.05) is 12.1 Å². The quantitative estimate of drug-likeness (QED) is 0.372. The second-order valence-corrected chi connectivity index (χ2v) is 4.88. The fraction of sp³-hybridized carbons (Fsp3) is 0.0588. The number of nitrogens with zero attached hydrogens (tertiary/aromatic N) is 3. The molecule has 116 valence electrons. The van der Waals surface area contributed by atoms with Crippen molar-refractivity contribution in [1.29, 1.82) is 10.5 Å². The lowest BCUT2D eigenvalue weighted by Gasteiger charge is -2.03. The number of hydrogen-bond donors (Lipinski definition) is 0. The van der Waals surface area contributed by atoms with Gasteiger partial charge in [0.25, 0.3) is 5.69 Å². The molecule has 24 heavy (non-hydrogen) atoms. The normalized spacial score (nSPS) is 12.3. The number of fused-ring (bicyclic) bond motifs is 1. The smallest absolute Gasteiger partial charge is 0.280 e. The van der Waals surface area contributed by atoms with Crippen molar-refractivity contribution in [3.8, 4) is 23.6 Å². The lowest BCUT2D eigenvalue weighted by molar-refractivity contribution is -0.385. The maximum Gasteiger partial charge on any atom is 0.280 e. The minimum absolute atomic E-state index is 0.000381. The fourth-order valence-electron chi connectivity index (χ4n) is 2.28. The third kappa shape index (κ3) is 2.74. The first-order chi connectivity index (χ1) is 11.6. The molecule has 0 saturated carbocycles. The molecule has 0 atom stereocenters. The average Bonchev–Trinajstić information content (AvgIpc) is 3.06. The zero-order valence-corrected chi connectivity index (χ0v) is 12.2. The molecule has 1 aliphatic heterocycles.